The van der Waals surface area contributed by atoms with Crippen LogP contribution in [0.15, 0.2) is 102 Å². The number of non-ortho nitro benzene ring substituents is 1. The lowest BCUT2D eigenvalue weighted by Crippen LogP contribution is -2.40. The van der Waals surface area contributed by atoms with Crippen molar-refractivity contribution in [2.24, 2.45) is 0 Å². The number of aromatic nitrogens is 2. The zero-order chi connectivity index (χ0) is 24.8. The molecule has 0 radical (unpaired) electrons. The first-order valence-corrected chi connectivity index (χ1v) is 11.9. The number of nitrogens with zero attached hydrogens (tertiary/aromatic N) is 4. The van der Waals surface area contributed by atoms with E-state index in [1.807, 2.05) is 35.0 Å². The number of benzene rings is 3. The Morgan fingerprint density at radius 3 is 2.43 bits per heavy atom. The molecule has 4 rings (SSSR count). The van der Waals surface area contributed by atoms with Gasteiger partial charge in [-0.25, -0.2) is 13.4 Å². The number of carbonyl (C=O) groups is 1. The lowest BCUT2D eigenvalue weighted by molar-refractivity contribution is -0.384. The molecule has 178 valence electrons. The molecule has 1 amide bonds. The minimum absolute atomic E-state index is 0.0166. The maximum absolute atomic E-state index is 13.3. The van der Waals surface area contributed by atoms with Crippen molar-refractivity contribution in [3.63, 3.8) is 0 Å². The van der Waals surface area contributed by atoms with Gasteiger partial charge in [-0.1, -0.05) is 36.4 Å². The first-order chi connectivity index (χ1) is 16.8. The van der Waals surface area contributed by atoms with Gasteiger partial charge in [0.2, 0.25) is 5.91 Å². The number of sulfonamides is 1. The molecule has 3 aromatic carbocycles. The van der Waals surface area contributed by atoms with Crippen LogP contribution in [0.2, 0.25) is 0 Å². The van der Waals surface area contributed by atoms with E-state index >= 15 is 0 Å². The standard InChI is InChI=1S/C24H21N5O5S/c30-24(26-16-19-9-11-20(12-10-19)27-14-13-25-18-27)17-28(21-5-4-6-22(15-21)29(31)32)35(33,34)23-7-2-1-3-8-23/h1-15,18H,16-17H2,(H,26,30). The fourth-order valence-corrected chi connectivity index (χ4v) is 4.82. The van der Waals surface area contributed by atoms with Gasteiger partial charge in [0, 0.05) is 36.8 Å². The fourth-order valence-electron chi connectivity index (χ4n) is 3.38. The highest BCUT2D eigenvalue weighted by Gasteiger charge is 2.28. The smallest absolute Gasteiger partial charge is 0.271 e. The Morgan fingerprint density at radius 1 is 1.03 bits per heavy atom. The Labute approximate surface area is 201 Å². The molecule has 0 spiro atoms. The summed E-state index contributed by atoms with van der Waals surface area (Å²) in [6, 6.07) is 20.2. The minimum atomic E-state index is -4.16. The van der Waals surface area contributed by atoms with Gasteiger partial charge in [-0.15, -0.1) is 0 Å². The van der Waals surface area contributed by atoms with E-state index in [4.69, 9.17) is 0 Å². The highest BCUT2D eigenvalue weighted by molar-refractivity contribution is 7.92. The molecule has 0 aliphatic rings. The summed E-state index contributed by atoms with van der Waals surface area (Å²) in [5.41, 5.74) is 1.45. The summed E-state index contributed by atoms with van der Waals surface area (Å²) in [6.45, 7) is -0.372. The predicted molar refractivity (Wildman–Crippen MR) is 129 cm³/mol. The van der Waals surface area contributed by atoms with Gasteiger partial charge in [0.15, 0.2) is 0 Å². The number of hydrogen-bond acceptors (Lipinski definition) is 6. The molecule has 0 unspecified atom stereocenters. The van der Waals surface area contributed by atoms with Crippen LogP contribution in [0.1, 0.15) is 5.56 Å². The Hall–Kier alpha value is -4.51. The molecule has 1 aromatic heterocycles. The van der Waals surface area contributed by atoms with Crippen LogP contribution in [0.25, 0.3) is 5.69 Å². The molecule has 11 heteroatoms. The second-order valence-electron chi connectivity index (χ2n) is 7.51. The average molecular weight is 492 g/mol. The normalized spacial score (nSPS) is 11.1. The van der Waals surface area contributed by atoms with Gasteiger partial charge in [0.1, 0.15) is 6.54 Å². The molecule has 0 saturated heterocycles. The molecule has 4 aromatic rings. The van der Waals surface area contributed by atoms with Gasteiger partial charge in [0.25, 0.3) is 15.7 Å². The number of imidazole rings is 1. The summed E-state index contributed by atoms with van der Waals surface area (Å²) in [5.74, 6) is -0.560. The predicted octanol–water partition coefficient (Wildman–Crippen LogP) is 3.29. The summed E-state index contributed by atoms with van der Waals surface area (Å²) in [5, 5.41) is 13.9. The van der Waals surface area contributed by atoms with E-state index in [9.17, 15) is 23.3 Å². The van der Waals surface area contributed by atoms with E-state index in [0.717, 1.165) is 21.6 Å². The zero-order valence-corrected chi connectivity index (χ0v) is 19.2. The fraction of sp³-hybridized carbons (Fsp3) is 0.0833. The van der Waals surface area contributed by atoms with E-state index in [0.29, 0.717) is 0 Å². The number of anilines is 1. The third-order valence-electron chi connectivity index (χ3n) is 5.18. The first kappa shape index (κ1) is 23.6. The monoisotopic (exact) mass is 491 g/mol. The Kier molecular flexibility index (Phi) is 6.88. The molecule has 0 fully saturated rings. The van der Waals surface area contributed by atoms with Gasteiger partial charge in [-0.05, 0) is 35.9 Å². The largest absolute Gasteiger partial charge is 0.350 e. The summed E-state index contributed by atoms with van der Waals surface area (Å²) < 4.78 is 29.4. The maximum atomic E-state index is 13.3. The second-order valence-corrected chi connectivity index (χ2v) is 9.38. The number of rotatable bonds is 9. The van der Waals surface area contributed by atoms with E-state index in [-0.39, 0.29) is 22.8 Å². The molecule has 1 heterocycles. The van der Waals surface area contributed by atoms with Crippen molar-refractivity contribution in [1.29, 1.82) is 0 Å². The maximum Gasteiger partial charge on any atom is 0.271 e. The number of nitro benzene ring substituents is 1. The van der Waals surface area contributed by atoms with Crippen molar-refractivity contribution in [2.75, 3.05) is 10.8 Å². The van der Waals surface area contributed by atoms with Crippen LogP contribution in [0.3, 0.4) is 0 Å². The van der Waals surface area contributed by atoms with Gasteiger partial charge < -0.3 is 9.88 Å². The SMILES string of the molecule is O=C(CN(c1cccc([N+](=O)[O-])c1)S(=O)(=O)c1ccccc1)NCc1ccc(-n2ccnc2)cc1. The highest BCUT2D eigenvalue weighted by atomic mass is 32.2. The Morgan fingerprint density at radius 2 is 1.77 bits per heavy atom. The van der Waals surface area contributed by atoms with Gasteiger partial charge in [0.05, 0.1) is 21.8 Å². The molecule has 0 aliphatic carbocycles. The van der Waals surface area contributed by atoms with Gasteiger partial charge >= 0.3 is 0 Å². The van der Waals surface area contributed by atoms with Crippen molar-refractivity contribution in [3.8, 4) is 5.69 Å². The molecule has 35 heavy (non-hydrogen) atoms. The second kappa shape index (κ2) is 10.2. The van der Waals surface area contributed by atoms with Crippen LogP contribution >= 0.6 is 0 Å². The molecule has 0 aliphatic heterocycles. The number of nitro groups is 1. The molecule has 10 nitrogen and oxygen atoms in total. The summed E-state index contributed by atoms with van der Waals surface area (Å²) in [4.78, 5) is 27.4. The van der Waals surface area contributed by atoms with Crippen molar-refractivity contribution >= 4 is 27.3 Å². The molecule has 1 N–H and O–H groups in total. The number of amides is 1. The van der Waals surface area contributed by atoms with Gasteiger partial charge in [-0.3, -0.25) is 19.2 Å². The van der Waals surface area contributed by atoms with Crippen LogP contribution in [0.4, 0.5) is 11.4 Å². The topological polar surface area (TPSA) is 127 Å². The van der Waals surface area contributed by atoms with Crippen LogP contribution in [0.5, 0.6) is 0 Å². The van der Waals surface area contributed by atoms with Crippen molar-refractivity contribution in [3.05, 3.63) is 113 Å². The summed E-state index contributed by atoms with van der Waals surface area (Å²) in [6.07, 6.45) is 5.16. The minimum Gasteiger partial charge on any atom is -0.350 e. The van der Waals surface area contributed by atoms with Crippen LogP contribution in [-0.4, -0.2) is 35.3 Å². The van der Waals surface area contributed by atoms with Crippen molar-refractivity contribution in [2.45, 2.75) is 11.4 Å². The number of nitrogens with one attached hydrogen (secondary N) is 1. The number of hydrogen-bond donors (Lipinski definition) is 1. The van der Waals surface area contributed by atoms with E-state index in [2.05, 4.69) is 10.3 Å². The van der Waals surface area contributed by atoms with Crippen molar-refractivity contribution in [1.82, 2.24) is 14.9 Å². The van der Waals surface area contributed by atoms with Crippen LogP contribution in [-0.2, 0) is 21.4 Å². The summed E-state index contributed by atoms with van der Waals surface area (Å²) >= 11 is 0. The third-order valence-corrected chi connectivity index (χ3v) is 6.96. The average Bonchev–Trinajstić information content (AvgIpc) is 3.42. The highest BCUT2D eigenvalue weighted by Crippen LogP contribution is 2.26. The van der Waals surface area contributed by atoms with E-state index in [1.165, 1.54) is 30.3 Å². The van der Waals surface area contributed by atoms with E-state index in [1.54, 1.807) is 30.7 Å². The van der Waals surface area contributed by atoms with Gasteiger partial charge in [-0.2, -0.15) is 0 Å². The lowest BCUT2D eigenvalue weighted by atomic mass is 10.2. The molecule has 0 saturated carbocycles. The third kappa shape index (κ3) is 5.53. The van der Waals surface area contributed by atoms with Crippen LogP contribution in [0, 0.1) is 10.1 Å². The Balaban J connectivity index is 1.53. The molecule has 0 atom stereocenters. The Bertz CT molecular complexity index is 1420. The zero-order valence-electron chi connectivity index (χ0n) is 18.4. The summed E-state index contributed by atoms with van der Waals surface area (Å²) in [7, 11) is -4.16. The molecule has 0 bridgehead atoms. The first-order valence-electron chi connectivity index (χ1n) is 10.5. The van der Waals surface area contributed by atoms with Crippen molar-refractivity contribution < 1.29 is 18.1 Å². The lowest BCUT2D eigenvalue weighted by Gasteiger charge is -2.24. The molecular formula is C24H21N5O5S. The number of carbonyl (C=O) groups excluding carboxylic acids is 1. The van der Waals surface area contributed by atoms with E-state index < -0.39 is 27.4 Å². The van der Waals surface area contributed by atoms with Crippen LogP contribution < -0.4 is 9.62 Å². The quantitative estimate of drug-likeness (QED) is 0.283. The molecular weight excluding hydrogens is 470 g/mol.